The van der Waals surface area contributed by atoms with Crippen LogP contribution in [-0.2, 0) is 17.8 Å². The molecule has 0 radical (unpaired) electrons. The molecule has 0 N–H and O–H groups in total. The number of benzene rings is 2. The number of hydrogen-bond donors (Lipinski definition) is 0. The second kappa shape index (κ2) is 8.61. The predicted octanol–water partition coefficient (Wildman–Crippen LogP) is 6.12. The largest absolute Gasteiger partial charge is 0.332 e. The highest BCUT2D eigenvalue weighted by atomic mass is 79.9. The zero-order valence-corrected chi connectivity index (χ0v) is 19.7. The van der Waals surface area contributed by atoms with Gasteiger partial charge in [-0.15, -0.1) is 0 Å². The highest BCUT2D eigenvalue weighted by Crippen LogP contribution is 2.37. The maximum atomic E-state index is 13.7. The smallest absolute Gasteiger partial charge is 0.305 e. The summed E-state index contributed by atoms with van der Waals surface area (Å²) in [6.45, 7) is 2.06. The molecule has 2 heterocycles. The molecule has 0 bridgehead atoms. The van der Waals surface area contributed by atoms with E-state index in [0.717, 1.165) is 20.5 Å². The first kappa shape index (κ1) is 21.8. The lowest BCUT2D eigenvalue weighted by atomic mass is 9.90. The Hall–Kier alpha value is -2.41. The Morgan fingerprint density at radius 2 is 1.55 bits per heavy atom. The first-order valence-corrected chi connectivity index (χ1v) is 11.1. The fourth-order valence-corrected chi connectivity index (χ4v) is 4.53. The number of pyridine rings is 1. The molecule has 5 nitrogen and oxygen atoms in total. The van der Waals surface area contributed by atoms with Crippen LogP contribution in [0.3, 0.4) is 0 Å². The van der Waals surface area contributed by atoms with E-state index in [1.807, 2.05) is 36.4 Å². The number of rotatable bonds is 5. The van der Waals surface area contributed by atoms with Crippen LogP contribution in [0.4, 0.5) is 10.5 Å². The Kier molecular flexibility index (Phi) is 6.06. The van der Waals surface area contributed by atoms with Gasteiger partial charge in [0, 0.05) is 39.9 Å². The number of anilines is 1. The van der Waals surface area contributed by atoms with Gasteiger partial charge in [0.1, 0.15) is 5.54 Å². The van der Waals surface area contributed by atoms with E-state index in [9.17, 15) is 9.59 Å². The Bertz CT molecular complexity index is 1120. The quantitative estimate of drug-likeness (QED) is 0.382. The van der Waals surface area contributed by atoms with Gasteiger partial charge in [0.05, 0.1) is 5.69 Å². The van der Waals surface area contributed by atoms with Crippen LogP contribution in [0.1, 0.15) is 18.1 Å². The number of aromatic nitrogens is 1. The predicted molar refractivity (Wildman–Crippen MR) is 125 cm³/mol. The molecule has 158 valence electrons. The van der Waals surface area contributed by atoms with Crippen molar-refractivity contribution in [3.05, 3.63) is 92.6 Å². The van der Waals surface area contributed by atoms with E-state index in [0.29, 0.717) is 22.2 Å². The molecule has 4 rings (SSSR count). The van der Waals surface area contributed by atoms with Gasteiger partial charge in [0.2, 0.25) is 0 Å². The van der Waals surface area contributed by atoms with Crippen molar-refractivity contribution in [2.24, 2.45) is 0 Å². The normalized spacial score (nSPS) is 18.7. The summed E-state index contributed by atoms with van der Waals surface area (Å²) in [5.74, 6) is -0.326. The van der Waals surface area contributed by atoms with Crippen molar-refractivity contribution in [2.45, 2.75) is 25.4 Å². The summed E-state index contributed by atoms with van der Waals surface area (Å²) in [4.78, 5) is 34.0. The van der Waals surface area contributed by atoms with E-state index >= 15 is 0 Å². The minimum Gasteiger partial charge on any atom is -0.305 e. The zero-order valence-electron chi connectivity index (χ0n) is 16.6. The van der Waals surface area contributed by atoms with Crippen molar-refractivity contribution in [2.75, 3.05) is 4.90 Å². The molecule has 3 aromatic rings. The van der Waals surface area contributed by atoms with Gasteiger partial charge in [0.15, 0.2) is 0 Å². The molecule has 3 amide bonds. The molecule has 0 saturated carbocycles. The van der Waals surface area contributed by atoms with Gasteiger partial charge in [-0.3, -0.25) is 9.78 Å². The maximum Gasteiger partial charge on any atom is 0.332 e. The van der Waals surface area contributed by atoms with E-state index in [-0.39, 0.29) is 12.5 Å². The molecule has 1 aliphatic rings. The molecule has 0 unspecified atom stereocenters. The molecule has 1 saturated heterocycles. The van der Waals surface area contributed by atoms with Crippen LogP contribution in [0.25, 0.3) is 0 Å². The summed E-state index contributed by atoms with van der Waals surface area (Å²) in [7, 11) is 0. The molecule has 8 heteroatoms. The lowest BCUT2D eigenvalue weighted by molar-refractivity contribution is -0.124. The number of urea groups is 1. The third-order valence-electron chi connectivity index (χ3n) is 5.34. The molecule has 0 spiro atoms. The third-order valence-corrected chi connectivity index (χ3v) is 6.30. The van der Waals surface area contributed by atoms with Crippen molar-refractivity contribution in [3.8, 4) is 0 Å². The van der Waals surface area contributed by atoms with Crippen molar-refractivity contribution in [1.29, 1.82) is 0 Å². The second-order valence-electron chi connectivity index (χ2n) is 7.57. The number of halogens is 3. The van der Waals surface area contributed by atoms with Crippen LogP contribution in [0.5, 0.6) is 0 Å². The second-order valence-corrected chi connectivity index (χ2v) is 9.36. The molecular weight excluding hydrogens is 501 g/mol. The summed E-state index contributed by atoms with van der Waals surface area (Å²) < 4.78 is 0.944. The van der Waals surface area contributed by atoms with Gasteiger partial charge < -0.3 is 4.90 Å². The molecule has 31 heavy (non-hydrogen) atoms. The molecule has 0 aliphatic carbocycles. The van der Waals surface area contributed by atoms with E-state index in [4.69, 9.17) is 23.2 Å². The molecule has 1 aliphatic heterocycles. The Morgan fingerprint density at radius 3 is 2.16 bits per heavy atom. The molecule has 1 aromatic heterocycles. The average Bonchev–Trinajstić information content (AvgIpc) is 2.90. The number of imide groups is 1. The van der Waals surface area contributed by atoms with Gasteiger partial charge in [-0.2, -0.15) is 0 Å². The standard InChI is InChI=1S/C23H18BrCl2N3O2/c1-23(13-15-2-4-17(24)5-3-15)21(30)29(20-11-18(25)10-19(26)12-20)22(31)28(23)14-16-6-8-27-9-7-16/h2-12H,13-14H2,1H3/t23-/m1/s1. The minimum absolute atomic E-state index is 0.269. The Labute approximate surface area is 198 Å². The van der Waals surface area contributed by atoms with Gasteiger partial charge in [-0.05, 0) is 60.5 Å². The van der Waals surface area contributed by atoms with Gasteiger partial charge in [-0.25, -0.2) is 9.69 Å². The summed E-state index contributed by atoms with van der Waals surface area (Å²) in [5.41, 5.74) is 1.08. The van der Waals surface area contributed by atoms with Crippen LogP contribution in [0.2, 0.25) is 10.0 Å². The summed E-state index contributed by atoms with van der Waals surface area (Å²) in [6, 6.07) is 15.7. The van der Waals surface area contributed by atoms with Crippen LogP contribution < -0.4 is 4.90 Å². The Balaban J connectivity index is 1.77. The van der Waals surface area contributed by atoms with Gasteiger partial charge >= 0.3 is 6.03 Å². The molecule has 1 fully saturated rings. The lowest BCUT2D eigenvalue weighted by Gasteiger charge is -2.32. The summed E-state index contributed by atoms with van der Waals surface area (Å²) in [5, 5.41) is 0.704. The first-order chi connectivity index (χ1) is 14.8. The number of carbonyl (C=O) groups excluding carboxylic acids is 2. The maximum absolute atomic E-state index is 13.7. The average molecular weight is 519 g/mol. The highest BCUT2D eigenvalue weighted by molar-refractivity contribution is 9.10. The van der Waals surface area contributed by atoms with Crippen molar-refractivity contribution in [1.82, 2.24) is 9.88 Å². The van der Waals surface area contributed by atoms with E-state index in [2.05, 4.69) is 20.9 Å². The van der Waals surface area contributed by atoms with E-state index < -0.39 is 11.6 Å². The SMILES string of the molecule is C[C@@]1(Cc2ccc(Br)cc2)C(=O)N(c2cc(Cl)cc(Cl)c2)C(=O)N1Cc1ccncc1. The molecular formula is C23H18BrCl2N3O2. The number of nitrogens with zero attached hydrogens (tertiary/aromatic N) is 3. The Morgan fingerprint density at radius 1 is 0.935 bits per heavy atom. The fraction of sp³-hybridized carbons (Fsp3) is 0.174. The van der Waals surface area contributed by atoms with Crippen molar-refractivity contribution >= 4 is 56.8 Å². The third kappa shape index (κ3) is 4.33. The van der Waals surface area contributed by atoms with Crippen molar-refractivity contribution < 1.29 is 9.59 Å². The first-order valence-electron chi connectivity index (χ1n) is 9.53. The topological polar surface area (TPSA) is 53.5 Å². The summed E-state index contributed by atoms with van der Waals surface area (Å²) in [6.07, 6.45) is 3.69. The number of amides is 3. The van der Waals surface area contributed by atoms with Gasteiger partial charge in [0.25, 0.3) is 5.91 Å². The van der Waals surface area contributed by atoms with Crippen LogP contribution in [-0.4, -0.2) is 27.4 Å². The van der Waals surface area contributed by atoms with Crippen LogP contribution in [0.15, 0.2) is 71.5 Å². The van der Waals surface area contributed by atoms with Gasteiger partial charge in [-0.1, -0.05) is 51.3 Å². The van der Waals surface area contributed by atoms with Crippen LogP contribution in [0, 0.1) is 0 Å². The summed E-state index contributed by atoms with van der Waals surface area (Å²) >= 11 is 15.7. The van der Waals surface area contributed by atoms with E-state index in [1.54, 1.807) is 42.4 Å². The lowest BCUT2D eigenvalue weighted by Crippen LogP contribution is -2.48. The van der Waals surface area contributed by atoms with Crippen molar-refractivity contribution in [3.63, 3.8) is 0 Å². The minimum atomic E-state index is -1.09. The van der Waals surface area contributed by atoms with E-state index in [1.165, 1.54) is 0 Å². The molecule has 1 atom stereocenters. The fourth-order valence-electron chi connectivity index (χ4n) is 3.75. The molecule has 2 aromatic carbocycles. The van der Waals surface area contributed by atoms with Crippen LogP contribution >= 0.6 is 39.1 Å². The number of carbonyl (C=O) groups is 2. The number of hydrogen-bond acceptors (Lipinski definition) is 3. The zero-order chi connectivity index (χ0) is 22.2. The highest BCUT2D eigenvalue weighted by Gasteiger charge is 2.54. The monoisotopic (exact) mass is 517 g/mol.